The normalized spacial score (nSPS) is 11.2. The molecular weight excluding hydrogens is 330 g/mol. The molecule has 0 spiro atoms. The molecule has 0 unspecified atom stereocenters. The van der Waals surface area contributed by atoms with E-state index in [0.29, 0.717) is 5.16 Å². The van der Waals surface area contributed by atoms with Gasteiger partial charge in [0.2, 0.25) is 5.16 Å². The molecule has 4 rings (SSSR count). The first kappa shape index (κ1) is 14.1. The Hall–Kier alpha value is -2.52. The summed E-state index contributed by atoms with van der Waals surface area (Å²) < 4.78 is 1.62. The number of rotatable bonds is 3. The van der Waals surface area contributed by atoms with Crippen LogP contribution in [0.4, 0.5) is 5.69 Å². The molecule has 3 heterocycles. The number of hydrogen-bond donors (Lipinski definition) is 1. The smallest absolute Gasteiger partial charge is 0.215 e. The maximum atomic E-state index is 5.78. The van der Waals surface area contributed by atoms with Crippen molar-refractivity contribution in [1.29, 1.82) is 0 Å². The van der Waals surface area contributed by atoms with Gasteiger partial charge >= 0.3 is 0 Å². The molecule has 0 saturated carbocycles. The zero-order valence-corrected chi connectivity index (χ0v) is 13.7. The highest BCUT2D eigenvalue weighted by Gasteiger charge is 2.16. The highest BCUT2D eigenvalue weighted by Crippen LogP contribution is 2.39. The van der Waals surface area contributed by atoms with E-state index in [1.54, 1.807) is 29.4 Å². The quantitative estimate of drug-likeness (QED) is 0.452. The molecule has 7 nitrogen and oxygen atoms in total. The number of fused-ring (bicyclic) bond motifs is 1. The summed E-state index contributed by atoms with van der Waals surface area (Å²) in [6, 6.07) is 7.79. The van der Waals surface area contributed by atoms with E-state index < -0.39 is 0 Å². The van der Waals surface area contributed by atoms with Gasteiger partial charge in [0.1, 0.15) is 16.2 Å². The van der Waals surface area contributed by atoms with Crippen LogP contribution in [0.3, 0.4) is 0 Å². The Morgan fingerprint density at radius 1 is 1.17 bits per heavy atom. The van der Waals surface area contributed by atoms with Gasteiger partial charge in [0.25, 0.3) is 0 Å². The third kappa shape index (κ3) is 2.53. The molecule has 2 N–H and O–H groups in total. The number of aryl methyl sites for hydroxylation is 1. The van der Waals surface area contributed by atoms with Gasteiger partial charge in [-0.25, -0.2) is 14.6 Å². The number of aromatic nitrogens is 6. The first-order valence-corrected chi connectivity index (χ1v) is 8.40. The lowest BCUT2D eigenvalue weighted by Crippen LogP contribution is -1.94. The summed E-state index contributed by atoms with van der Waals surface area (Å²) in [6.45, 7) is 0. The van der Waals surface area contributed by atoms with Crippen LogP contribution in [0.25, 0.3) is 21.3 Å². The molecule has 0 bridgehead atoms. The molecule has 0 atom stereocenters. The predicted molar refractivity (Wildman–Crippen MR) is 90.2 cm³/mol. The molecule has 0 saturated heterocycles. The summed E-state index contributed by atoms with van der Waals surface area (Å²) in [4.78, 5) is 9.73. The summed E-state index contributed by atoms with van der Waals surface area (Å²) >= 11 is 3.01. The SMILES string of the molecule is Cn1nnnc1Sc1ncnc2scc(-c3ccc(N)cc3)c12. The van der Waals surface area contributed by atoms with Gasteiger partial charge in [-0.2, -0.15) is 0 Å². The van der Waals surface area contributed by atoms with Crippen molar-refractivity contribution in [3.8, 4) is 11.1 Å². The predicted octanol–water partition coefficient (Wildman–Crippen LogP) is 2.62. The van der Waals surface area contributed by atoms with E-state index in [2.05, 4.69) is 30.9 Å². The summed E-state index contributed by atoms with van der Waals surface area (Å²) in [5.74, 6) is 0. The lowest BCUT2D eigenvalue weighted by atomic mass is 10.1. The molecule has 0 aliphatic rings. The van der Waals surface area contributed by atoms with Gasteiger partial charge in [-0.3, -0.25) is 0 Å². The second-order valence-corrected chi connectivity index (χ2v) is 6.63. The minimum absolute atomic E-state index is 0.680. The molecule has 1 aromatic carbocycles. The van der Waals surface area contributed by atoms with Crippen LogP contribution in [0, 0.1) is 0 Å². The Morgan fingerprint density at radius 2 is 2.00 bits per heavy atom. The number of thiophene rings is 1. The van der Waals surface area contributed by atoms with Crippen molar-refractivity contribution in [2.24, 2.45) is 7.05 Å². The summed E-state index contributed by atoms with van der Waals surface area (Å²) in [7, 11) is 1.80. The Bertz CT molecular complexity index is 974. The van der Waals surface area contributed by atoms with Crippen LogP contribution in [-0.4, -0.2) is 30.2 Å². The second kappa shape index (κ2) is 5.60. The molecule has 0 aliphatic heterocycles. The molecular formula is C14H11N7S2. The third-order valence-electron chi connectivity index (χ3n) is 3.33. The molecule has 3 aromatic heterocycles. The van der Waals surface area contributed by atoms with E-state index in [9.17, 15) is 0 Å². The van der Waals surface area contributed by atoms with Gasteiger partial charge in [-0.1, -0.05) is 12.1 Å². The lowest BCUT2D eigenvalue weighted by Gasteiger charge is -2.04. The van der Waals surface area contributed by atoms with E-state index in [1.165, 1.54) is 11.8 Å². The molecule has 0 amide bonds. The van der Waals surface area contributed by atoms with Crippen molar-refractivity contribution in [1.82, 2.24) is 30.2 Å². The minimum Gasteiger partial charge on any atom is -0.399 e. The van der Waals surface area contributed by atoms with Crippen molar-refractivity contribution in [3.05, 3.63) is 36.0 Å². The van der Waals surface area contributed by atoms with Crippen molar-refractivity contribution >= 4 is 39.0 Å². The van der Waals surface area contributed by atoms with Gasteiger partial charge < -0.3 is 5.73 Å². The zero-order chi connectivity index (χ0) is 15.8. The minimum atomic E-state index is 0.680. The van der Waals surface area contributed by atoms with Crippen molar-refractivity contribution < 1.29 is 0 Å². The number of nitrogens with zero attached hydrogens (tertiary/aromatic N) is 6. The van der Waals surface area contributed by atoms with E-state index in [4.69, 9.17) is 5.73 Å². The number of anilines is 1. The highest BCUT2D eigenvalue weighted by molar-refractivity contribution is 7.99. The van der Waals surface area contributed by atoms with Gasteiger partial charge in [0.05, 0.1) is 5.39 Å². The van der Waals surface area contributed by atoms with Crippen LogP contribution in [0.5, 0.6) is 0 Å². The van der Waals surface area contributed by atoms with Crippen molar-refractivity contribution in [2.75, 3.05) is 5.73 Å². The van der Waals surface area contributed by atoms with Gasteiger partial charge in [-0.05, 0) is 39.9 Å². The van der Waals surface area contributed by atoms with Crippen LogP contribution in [-0.2, 0) is 7.05 Å². The van der Waals surface area contributed by atoms with Gasteiger partial charge in [0, 0.05) is 23.7 Å². The van der Waals surface area contributed by atoms with E-state index >= 15 is 0 Å². The fourth-order valence-electron chi connectivity index (χ4n) is 2.19. The third-order valence-corrected chi connectivity index (χ3v) is 5.24. The van der Waals surface area contributed by atoms with Gasteiger partial charge in [-0.15, -0.1) is 16.4 Å². The second-order valence-electron chi connectivity index (χ2n) is 4.82. The average molecular weight is 341 g/mol. The molecule has 114 valence electrons. The van der Waals surface area contributed by atoms with E-state index in [0.717, 1.165) is 32.1 Å². The fourth-order valence-corrected chi connectivity index (χ4v) is 4.00. The topological polar surface area (TPSA) is 95.4 Å². The molecule has 9 heteroatoms. The fraction of sp³-hybridized carbons (Fsp3) is 0.0714. The largest absolute Gasteiger partial charge is 0.399 e. The van der Waals surface area contributed by atoms with Crippen LogP contribution >= 0.6 is 23.1 Å². The number of tetrazole rings is 1. The van der Waals surface area contributed by atoms with Crippen LogP contribution in [0.1, 0.15) is 0 Å². The lowest BCUT2D eigenvalue weighted by molar-refractivity contribution is 0.664. The average Bonchev–Trinajstić information content (AvgIpc) is 3.16. The first-order chi connectivity index (χ1) is 11.2. The summed E-state index contributed by atoms with van der Waals surface area (Å²) in [5, 5.41) is 16.1. The molecule has 0 aliphatic carbocycles. The molecule has 0 radical (unpaired) electrons. The molecule has 23 heavy (non-hydrogen) atoms. The highest BCUT2D eigenvalue weighted by atomic mass is 32.2. The standard InChI is InChI=1S/C14H11N7S2/c1-21-14(18-19-20-21)23-13-11-10(6-22-12(11)16-7-17-13)8-2-4-9(15)5-3-8/h2-7H,15H2,1H3. The first-order valence-electron chi connectivity index (χ1n) is 6.70. The summed E-state index contributed by atoms with van der Waals surface area (Å²) in [5.41, 5.74) is 8.69. The van der Waals surface area contributed by atoms with Crippen LogP contribution in [0.15, 0.2) is 46.2 Å². The van der Waals surface area contributed by atoms with Crippen molar-refractivity contribution in [3.63, 3.8) is 0 Å². The number of hydrogen-bond acceptors (Lipinski definition) is 8. The Balaban J connectivity index is 1.87. The maximum Gasteiger partial charge on any atom is 0.215 e. The zero-order valence-electron chi connectivity index (χ0n) is 12.0. The molecule has 0 fully saturated rings. The van der Waals surface area contributed by atoms with Gasteiger partial charge in [0.15, 0.2) is 0 Å². The van der Waals surface area contributed by atoms with E-state index in [-0.39, 0.29) is 0 Å². The Kier molecular flexibility index (Phi) is 3.43. The molecule has 4 aromatic rings. The van der Waals surface area contributed by atoms with E-state index in [1.807, 2.05) is 24.3 Å². The van der Waals surface area contributed by atoms with Crippen LogP contribution < -0.4 is 5.73 Å². The monoisotopic (exact) mass is 341 g/mol. The Labute approximate surface area is 139 Å². The number of benzene rings is 1. The Morgan fingerprint density at radius 3 is 2.74 bits per heavy atom. The van der Waals surface area contributed by atoms with Crippen LogP contribution in [0.2, 0.25) is 0 Å². The van der Waals surface area contributed by atoms with Crippen molar-refractivity contribution in [2.45, 2.75) is 10.2 Å². The maximum absolute atomic E-state index is 5.78. The number of nitrogen functional groups attached to an aromatic ring is 1. The summed E-state index contributed by atoms with van der Waals surface area (Å²) in [6.07, 6.45) is 1.57. The number of nitrogens with two attached hydrogens (primary N) is 1.